The number of hydrogen-bond acceptors (Lipinski definition) is 4. The molecule has 0 unspecified atom stereocenters. The second kappa shape index (κ2) is 10.1. The first-order chi connectivity index (χ1) is 13.5. The van der Waals surface area contributed by atoms with Crippen molar-refractivity contribution in [3.05, 3.63) is 64.5 Å². The number of aryl methyl sites for hydroxylation is 1. The molecule has 1 N–H and O–H groups in total. The first-order valence-corrected chi connectivity index (χ1v) is 9.22. The Hall–Kier alpha value is -3.33. The zero-order valence-corrected chi connectivity index (χ0v) is 16.5. The number of amides is 1. The van der Waals surface area contributed by atoms with Crippen LogP contribution >= 0.6 is 0 Å². The zero-order chi connectivity index (χ0) is 20.5. The highest BCUT2D eigenvalue weighted by molar-refractivity contribution is 5.99. The Morgan fingerprint density at radius 1 is 1.25 bits per heavy atom. The van der Waals surface area contributed by atoms with Crippen molar-refractivity contribution in [1.29, 1.82) is 5.26 Å². The maximum Gasteiger partial charge on any atom is 0.349 e. The number of rotatable bonds is 8. The fourth-order valence-corrected chi connectivity index (χ4v) is 2.89. The van der Waals surface area contributed by atoms with E-state index in [1.165, 1.54) is 6.08 Å². The standard InChI is InChI=1S/C22H25N3O3/c1-4-10-25-16(2)11-19(17(25)3)12-20(13-23)22(27)28-15-21(26)24-14-18-8-6-5-7-9-18/h5-9,11-12H,4,10,14-15H2,1-3H3,(H,24,26)/b20-12+. The molecule has 0 aliphatic carbocycles. The average Bonchev–Trinajstić information content (AvgIpc) is 2.97. The third kappa shape index (κ3) is 5.58. The fourth-order valence-electron chi connectivity index (χ4n) is 2.89. The number of nitrogens with one attached hydrogen (secondary N) is 1. The molecule has 1 amide bonds. The number of hydrogen-bond donors (Lipinski definition) is 1. The van der Waals surface area contributed by atoms with Crippen LogP contribution in [0.3, 0.4) is 0 Å². The number of carbonyl (C=O) groups is 2. The van der Waals surface area contributed by atoms with Gasteiger partial charge >= 0.3 is 5.97 Å². The first-order valence-electron chi connectivity index (χ1n) is 9.22. The molecule has 146 valence electrons. The quantitative estimate of drug-likeness (QED) is 0.433. The van der Waals surface area contributed by atoms with E-state index in [4.69, 9.17) is 4.74 Å². The van der Waals surface area contributed by atoms with Crippen molar-refractivity contribution in [2.24, 2.45) is 0 Å². The van der Waals surface area contributed by atoms with Gasteiger partial charge in [0.05, 0.1) is 0 Å². The number of carbonyl (C=O) groups excluding carboxylic acids is 2. The molecule has 0 radical (unpaired) electrons. The van der Waals surface area contributed by atoms with Crippen LogP contribution in [0.25, 0.3) is 6.08 Å². The van der Waals surface area contributed by atoms with Crippen LogP contribution in [0.15, 0.2) is 42.0 Å². The topological polar surface area (TPSA) is 84.1 Å². The third-order valence-electron chi connectivity index (χ3n) is 4.37. The summed E-state index contributed by atoms with van der Waals surface area (Å²) in [4.78, 5) is 24.1. The first kappa shape index (κ1) is 21.0. The molecule has 1 heterocycles. The zero-order valence-electron chi connectivity index (χ0n) is 16.5. The number of esters is 1. The number of ether oxygens (including phenoxy) is 1. The van der Waals surface area contributed by atoms with Crippen molar-refractivity contribution >= 4 is 18.0 Å². The predicted octanol–water partition coefficient (Wildman–Crippen LogP) is 3.28. The van der Waals surface area contributed by atoms with Gasteiger partial charge in [-0.15, -0.1) is 0 Å². The van der Waals surface area contributed by atoms with Crippen LogP contribution < -0.4 is 5.32 Å². The average molecular weight is 379 g/mol. The van der Waals surface area contributed by atoms with E-state index in [0.717, 1.165) is 35.5 Å². The van der Waals surface area contributed by atoms with Gasteiger partial charge in [0, 0.05) is 24.5 Å². The van der Waals surface area contributed by atoms with E-state index < -0.39 is 18.5 Å². The summed E-state index contributed by atoms with van der Waals surface area (Å²) in [6, 6.07) is 13.2. The van der Waals surface area contributed by atoms with Gasteiger partial charge in [-0.3, -0.25) is 4.79 Å². The Morgan fingerprint density at radius 3 is 2.61 bits per heavy atom. The summed E-state index contributed by atoms with van der Waals surface area (Å²) in [6.07, 6.45) is 2.50. The van der Waals surface area contributed by atoms with Crippen molar-refractivity contribution in [2.45, 2.75) is 40.3 Å². The molecule has 0 saturated carbocycles. The summed E-state index contributed by atoms with van der Waals surface area (Å²) in [5.41, 5.74) is 3.67. The molecule has 0 atom stereocenters. The fraction of sp³-hybridized carbons (Fsp3) is 0.318. The maximum absolute atomic E-state index is 12.2. The van der Waals surface area contributed by atoms with E-state index in [2.05, 4.69) is 16.8 Å². The molecule has 0 fully saturated rings. The van der Waals surface area contributed by atoms with Crippen LogP contribution in [-0.4, -0.2) is 23.1 Å². The molecular weight excluding hydrogens is 354 g/mol. The Morgan fingerprint density at radius 2 is 1.96 bits per heavy atom. The molecule has 2 aromatic rings. The lowest BCUT2D eigenvalue weighted by Crippen LogP contribution is -2.28. The minimum absolute atomic E-state index is 0.132. The van der Waals surface area contributed by atoms with Gasteiger partial charge in [0.25, 0.3) is 5.91 Å². The summed E-state index contributed by atoms with van der Waals surface area (Å²) >= 11 is 0. The molecule has 0 spiro atoms. The SMILES string of the molecule is CCCn1c(C)cc(/C=C(\C#N)C(=O)OCC(=O)NCc2ccccc2)c1C. The third-order valence-corrected chi connectivity index (χ3v) is 4.37. The van der Waals surface area contributed by atoms with Crippen molar-refractivity contribution in [3.8, 4) is 6.07 Å². The summed E-state index contributed by atoms with van der Waals surface area (Å²) in [5.74, 6) is -1.23. The number of nitrogens with zero attached hydrogens (tertiary/aromatic N) is 2. The molecule has 0 aliphatic heterocycles. The highest BCUT2D eigenvalue weighted by Crippen LogP contribution is 2.19. The highest BCUT2D eigenvalue weighted by Gasteiger charge is 2.15. The van der Waals surface area contributed by atoms with E-state index in [0.29, 0.717) is 6.54 Å². The lowest BCUT2D eigenvalue weighted by molar-refractivity contribution is -0.144. The second-order valence-corrected chi connectivity index (χ2v) is 6.49. The van der Waals surface area contributed by atoms with Crippen molar-refractivity contribution < 1.29 is 14.3 Å². The van der Waals surface area contributed by atoms with Crippen LogP contribution in [0.2, 0.25) is 0 Å². The van der Waals surface area contributed by atoms with Crippen molar-refractivity contribution in [3.63, 3.8) is 0 Å². The normalized spacial score (nSPS) is 11.0. The van der Waals surface area contributed by atoms with Gasteiger partial charge in [-0.2, -0.15) is 5.26 Å². The molecule has 0 saturated heterocycles. The Bertz CT molecular complexity index is 905. The summed E-state index contributed by atoms with van der Waals surface area (Å²) in [6.45, 7) is 6.82. The Kier molecular flexibility index (Phi) is 7.58. The molecule has 0 aliphatic rings. The Balaban J connectivity index is 1.96. The van der Waals surface area contributed by atoms with Gasteiger partial charge in [-0.25, -0.2) is 4.79 Å². The number of aromatic nitrogens is 1. The van der Waals surface area contributed by atoms with Gasteiger partial charge in [-0.05, 0) is 43.5 Å². The molecule has 1 aromatic carbocycles. The van der Waals surface area contributed by atoms with Gasteiger partial charge in [-0.1, -0.05) is 37.3 Å². The summed E-state index contributed by atoms with van der Waals surface area (Å²) < 4.78 is 7.14. The van der Waals surface area contributed by atoms with Crippen molar-refractivity contribution in [1.82, 2.24) is 9.88 Å². The molecule has 1 aromatic heterocycles. The van der Waals surface area contributed by atoms with Crippen molar-refractivity contribution in [2.75, 3.05) is 6.61 Å². The van der Waals surface area contributed by atoms with Crippen LogP contribution in [0.4, 0.5) is 0 Å². The molecule has 6 nitrogen and oxygen atoms in total. The van der Waals surface area contributed by atoms with E-state index in [1.54, 1.807) is 0 Å². The lowest BCUT2D eigenvalue weighted by atomic mass is 10.1. The molecule has 2 rings (SSSR count). The largest absolute Gasteiger partial charge is 0.451 e. The van der Waals surface area contributed by atoms with E-state index in [1.807, 2.05) is 56.3 Å². The number of benzene rings is 1. The van der Waals surface area contributed by atoms with Gasteiger partial charge in [0.2, 0.25) is 0 Å². The second-order valence-electron chi connectivity index (χ2n) is 6.49. The van der Waals surface area contributed by atoms with E-state index in [-0.39, 0.29) is 5.57 Å². The van der Waals surface area contributed by atoms with Crippen LogP contribution in [-0.2, 0) is 27.4 Å². The van der Waals surface area contributed by atoms with Gasteiger partial charge < -0.3 is 14.6 Å². The van der Waals surface area contributed by atoms with E-state index in [9.17, 15) is 14.9 Å². The van der Waals surface area contributed by atoms with Gasteiger partial charge in [0.15, 0.2) is 6.61 Å². The Labute approximate surface area is 165 Å². The summed E-state index contributed by atoms with van der Waals surface area (Å²) in [7, 11) is 0. The highest BCUT2D eigenvalue weighted by atomic mass is 16.5. The smallest absolute Gasteiger partial charge is 0.349 e. The molecular formula is C22H25N3O3. The molecule has 0 bridgehead atoms. The minimum atomic E-state index is -0.808. The van der Waals surface area contributed by atoms with E-state index >= 15 is 0 Å². The maximum atomic E-state index is 12.2. The lowest BCUT2D eigenvalue weighted by Gasteiger charge is -2.07. The molecule has 6 heteroatoms. The van der Waals surface area contributed by atoms with Gasteiger partial charge in [0.1, 0.15) is 11.6 Å². The van der Waals surface area contributed by atoms with Crippen LogP contribution in [0.1, 0.15) is 35.9 Å². The monoisotopic (exact) mass is 379 g/mol. The van der Waals surface area contributed by atoms with Crippen LogP contribution in [0, 0.1) is 25.2 Å². The minimum Gasteiger partial charge on any atom is -0.451 e. The van der Waals surface area contributed by atoms with Crippen LogP contribution in [0.5, 0.6) is 0 Å². The molecule has 28 heavy (non-hydrogen) atoms. The summed E-state index contributed by atoms with van der Waals surface area (Å²) in [5, 5.41) is 12.0. The predicted molar refractivity (Wildman–Crippen MR) is 107 cm³/mol. The number of nitriles is 1.